The molecule has 0 fully saturated rings. The molecule has 13 heavy (non-hydrogen) atoms. The number of hydrogen-bond donors (Lipinski definition) is 1. The molecule has 0 radical (unpaired) electrons. The smallest absolute Gasteiger partial charge is 0.250 e. The van der Waals surface area contributed by atoms with Gasteiger partial charge in [0.05, 0.1) is 0 Å². The van der Waals surface area contributed by atoms with Crippen molar-refractivity contribution in [1.29, 1.82) is 0 Å². The number of rotatable bonds is 3. The van der Waals surface area contributed by atoms with Crippen molar-refractivity contribution < 1.29 is 0 Å². The van der Waals surface area contributed by atoms with Crippen LogP contribution in [0.4, 0.5) is 0 Å². The zero-order valence-electron chi connectivity index (χ0n) is 7.03. The zero-order valence-corrected chi connectivity index (χ0v) is 9.51. The van der Waals surface area contributed by atoms with E-state index in [1.807, 2.05) is 0 Å². The van der Waals surface area contributed by atoms with Crippen molar-refractivity contribution in [3.8, 4) is 0 Å². The van der Waals surface area contributed by atoms with Crippen molar-refractivity contribution in [1.82, 2.24) is 4.57 Å². The van der Waals surface area contributed by atoms with Gasteiger partial charge in [-0.2, -0.15) is 12.6 Å². The standard InChI is InChI=1S/C9H10BrNOS/c1-7(6-13)4-11-5-8(10)2-3-9(11)12/h2-3,5,13H,1,4,6H2. The van der Waals surface area contributed by atoms with Gasteiger partial charge >= 0.3 is 0 Å². The van der Waals surface area contributed by atoms with Crippen molar-refractivity contribution in [3.05, 3.63) is 45.3 Å². The van der Waals surface area contributed by atoms with Crippen LogP contribution in [-0.4, -0.2) is 10.3 Å². The maximum absolute atomic E-state index is 11.3. The van der Waals surface area contributed by atoms with Crippen molar-refractivity contribution in [2.45, 2.75) is 6.54 Å². The van der Waals surface area contributed by atoms with Gasteiger partial charge in [-0.3, -0.25) is 4.79 Å². The molecule has 0 unspecified atom stereocenters. The highest BCUT2D eigenvalue weighted by Gasteiger charge is 1.97. The van der Waals surface area contributed by atoms with Gasteiger partial charge in [0.2, 0.25) is 0 Å². The van der Waals surface area contributed by atoms with Gasteiger partial charge in [0.15, 0.2) is 0 Å². The molecule has 0 saturated heterocycles. The van der Waals surface area contributed by atoms with Crippen LogP contribution in [0.25, 0.3) is 0 Å². The zero-order chi connectivity index (χ0) is 9.84. The van der Waals surface area contributed by atoms with Crippen LogP contribution in [0.15, 0.2) is 39.7 Å². The summed E-state index contributed by atoms with van der Waals surface area (Å²) in [6.45, 7) is 4.32. The van der Waals surface area contributed by atoms with Gasteiger partial charge in [-0.1, -0.05) is 6.58 Å². The number of hydrogen-bond acceptors (Lipinski definition) is 2. The summed E-state index contributed by atoms with van der Waals surface area (Å²) in [5.74, 6) is 0.596. The van der Waals surface area contributed by atoms with Gasteiger partial charge in [-0.15, -0.1) is 0 Å². The maximum atomic E-state index is 11.3. The first-order valence-electron chi connectivity index (χ1n) is 3.77. The lowest BCUT2D eigenvalue weighted by Gasteiger charge is -2.06. The fourth-order valence-corrected chi connectivity index (χ4v) is 1.40. The Morgan fingerprint density at radius 3 is 2.92 bits per heavy atom. The van der Waals surface area contributed by atoms with Gasteiger partial charge in [0.25, 0.3) is 5.56 Å². The molecule has 0 aliphatic heterocycles. The summed E-state index contributed by atoms with van der Waals surface area (Å²) < 4.78 is 2.49. The summed E-state index contributed by atoms with van der Waals surface area (Å²) in [5.41, 5.74) is 0.898. The van der Waals surface area contributed by atoms with Gasteiger partial charge < -0.3 is 4.57 Å². The summed E-state index contributed by atoms with van der Waals surface area (Å²) in [6, 6.07) is 3.25. The van der Waals surface area contributed by atoms with Gasteiger partial charge in [-0.05, 0) is 27.6 Å². The lowest BCUT2D eigenvalue weighted by molar-refractivity contribution is 0.748. The molecule has 0 atom stereocenters. The summed E-state index contributed by atoms with van der Waals surface area (Å²) in [6.07, 6.45) is 1.75. The molecular weight excluding hydrogens is 250 g/mol. The minimum atomic E-state index is -0.0221. The van der Waals surface area contributed by atoms with E-state index in [1.165, 1.54) is 6.07 Å². The Labute approximate surface area is 90.8 Å². The highest BCUT2D eigenvalue weighted by atomic mass is 79.9. The third-order valence-electron chi connectivity index (χ3n) is 1.56. The highest BCUT2D eigenvalue weighted by Crippen LogP contribution is 2.06. The van der Waals surface area contributed by atoms with Crippen molar-refractivity contribution in [2.24, 2.45) is 0 Å². The topological polar surface area (TPSA) is 22.0 Å². The predicted octanol–water partition coefficient (Wildman–Crippen LogP) is 2.10. The normalized spacial score (nSPS) is 10.0. The van der Waals surface area contributed by atoms with Crippen LogP contribution in [0.3, 0.4) is 0 Å². The third-order valence-corrected chi connectivity index (χ3v) is 2.48. The molecule has 2 nitrogen and oxygen atoms in total. The third kappa shape index (κ3) is 3.04. The molecule has 1 aromatic rings. The number of aromatic nitrogens is 1. The van der Waals surface area contributed by atoms with E-state index in [0.29, 0.717) is 12.3 Å². The summed E-state index contributed by atoms with van der Waals surface area (Å²) >= 11 is 7.38. The van der Waals surface area contributed by atoms with E-state index < -0.39 is 0 Å². The van der Waals surface area contributed by atoms with Crippen LogP contribution in [-0.2, 0) is 6.54 Å². The summed E-state index contributed by atoms with van der Waals surface area (Å²) in [5, 5.41) is 0. The lowest BCUT2D eigenvalue weighted by Crippen LogP contribution is -2.19. The Balaban J connectivity index is 2.94. The SMILES string of the molecule is C=C(CS)Cn1cc(Br)ccc1=O. The average Bonchev–Trinajstić information content (AvgIpc) is 2.11. The fraction of sp³-hybridized carbons (Fsp3) is 0.222. The van der Waals surface area contributed by atoms with Crippen LogP contribution in [0, 0.1) is 0 Å². The van der Waals surface area contributed by atoms with Crippen molar-refractivity contribution in [2.75, 3.05) is 5.75 Å². The number of thiol groups is 1. The quantitative estimate of drug-likeness (QED) is 0.652. The predicted molar refractivity (Wildman–Crippen MR) is 61.4 cm³/mol. The maximum Gasteiger partial charge on any atom is 0.250 e. The molecule has 1 rings (SSSR count). The Kier molecular flexibility index (Phi) is 3.81. The Morgan fingerprint density at radius 2 is 2.31 bits per heavy atom. The van der Waals surface area contributed by atoms with Crippen molar-refractivity contribution in [3.63, 3.8) is 0 Å². The number of halogens is 1. The van der Waals surface area contributed by atoms with Crippen LogP contribution in [0.1, 0.15) is 0 Å². The lowest BCUT2D eigenvalue weighted by atomic mass is 10.3. The van der Waals surface area contributed by atoms with Crippen LogP contribution < -0.4 is 5.56 Å². The molecule has 0 bridgehead atoms. The molecule has 0 N–H and O–H groups in total. The van der Waals surface area contributed by atoms with Crippen molar-refractivity contribution >= 4 is 28.6 Å². The molecule has 0 spiro atoms. The van der Waals surface area contributed by atoms with Gasteiger partial charge in [0, 0.05) is 29.0 Å². The number of nitrogens with zero attached hydrogens (tertiary/aromatic N) is 1. The molecule has 1 aromatic heterocycles. The summed E-state index contributed by atoms with van der Waals surface area (Å²) in [7, 11) is 0. The van der Waals surface area contributed by atoms with E-state index in [2.05, 4.69) is 35.1 Å². The second-order valence-corrected chi connectivity index (χ2v) is 3.95. The second-order valence-electron chi connectivity index (χ2n) is 2.72. The van der Waals surface area contributed by atoms with Crippen LogP contribution in [0.5, 0.6) is 0 Å². The Hall–Kier alpha value is -0.480. The first kappa shape index (κ1) is 10.6. The van der Waals surface area contributed by atoms with E-state index in [1.54, 1.807) is 16.8 Å². The molecule has 0 aromatic carbocycles. The molecule has 70 valence electrons. The Morgan fingerprint density at radius 1 is 1.62 bits per heavy atom. The minimum Gasteiger partial charge on any atom is -0.310 e. The summed E-state index contributed by atoms with van der Waals surface area (Å²) in [4.78, 5) is 11.3. The molecular formula is C9H10BrNOS. The minimum absolute atomic E-state index is 0.0221. The molecule has 4 heteroatoms. The Bertz CT molecular complexity index is 372. The van der Waals surface area contributed by atoms with E-state index in [4.69, 9.17) is 0 Å². The van der Waals surface area contributed by atoms with E-state index in [0.717, 1.165) is 10.0 Å². The highest BCUT2D eigenvalue weighted by molar-refractivity contribution is 9.10. The molecule has 1 heterocycles. The van der Waals surface area contributed by atoms with E-state index in [-0.39, 0.29) is 5.56 Å². The van der Waals surface area contributed by atoms with Gasteiger partial charge in [-0.25, -0.2) is 0 Å². The largest absolute Gasteiger partial charge is 0.310 e. The van der Waals surface area contributed by atoms with Gasteiger partial charge in [0.1, 0.15) is 0 Å². The molecule has 0 aliphatic rings. The van der Waals surface area contributed by atoms with E-state index in [9.17, 15) is 4.79 Å². The molecule has 0 amide bonds. The molecule has 0 saturated carbocycles. The monoisotopic (exact) mass is 259 g/mol. The first-order chi connectivity index (χ1) is 6.13. The van der Waals surface area contributed by atoms with Crippen LogP contribution >= 0.6 is 28.6 Å². The second kappa shape index (κ2) is 4.67. The first-order valence-corrected chi connectivity index (χ1v) is 5.19. The van der Waals surface area contributed by atoms with Crippen LogP contribution in [0.2, 0.25) is 0 Å². The average molecular weight is 260 g/mol. The fourth-order valence-electron chi connectivity index (χ4n) is 0.917. The number of pyridine rings is 1. The van der Waals surface area contributed by atoms with E-state index >= 15 is 0 Å². The molecule has 0 aliphatic carbocycles.